The number of carboxylic acids is 1. The highest BCUT2D eigenvalue weighted by Crippen LogP contribution is 2.11. The van der Waals surface area contributed by atoms with Gasteiger partial charge in [0.1, 0.15) is 5.69 Å². The lowest BCUT2D eigenvalue weighted by atomic mass is 9.97. The number of hydrogen-bond donors (Lipinski definition) is 3. The quantitative estimate of drug-likeness (QED) is 0.687. The number of carbonyl (C=O) groups excluding carboxylic acids is 1. The molecule has 0 aliphatic rings. The number of H-pyrrole nitrogens is 1. The molecule has 94 valence electrons. The van der Waals surface area contributed by atoms with Crippen molar-refractivity contribution in [2.24, 2.45) is 11.8 Å². The minimum Gasteiger partial charge on any atom is -0.481 e. The molecule has 0 bridgehead atoms. The Morgan fingerprint density at radius 3 is 2.71 bits per heavy atom. The zero-order valence-electron chi connectivity index (χ0n) is 9.93. The molecule has 1 rings (SSSR count). The molecule has 1 heterocycles. The topological polar surface area (TPSA) is 95.1 Å². The van der Waals surface area contributed by atoms with Gasteiger partial charge in [0.15, 0.2) is 0 Å². The number of aromatic nitrogens is 2. The first-order chi connectivity index (χ1) is 8.00. The molecule has 6 nitrogen and oxygen atoms in total. The van der Waals surface area contributed by atoms with Crippen molar-refractivity contribution in [3.63, 3.8) is 0 Å². The highest BCUT2D eigenvalue weighted by atomic mass is 16.4. The van der Waals surface area contributed by atoms with Gasteiger partial charge in [-0.05, 0) is 12.3 Å². The molecule has 1 aromatic rings. The van der Waals surface area contributed by atoms with Crippen molar-refractivity contribution in [3.05, 3.63) is 18.2 Å². The summed E-state index contributed by atoms with van der Waals surface area (Å²) in [5.74, 6) is -1.50. The highest BCUT2D eigenvalue weighted by Gasteiger charge is 2.20. The number of nitrogens with one attached hydrogen (secondary N) is 2. The molecule has 0 aromatic carbocycles. The van der Waals surface area contributed by atoms with Crippen LogP contribution in [0.5, 0.6) is 0 Å². The van der Waals surface area contributed by atoms with Crippen molar-refractivity contribution in [1.82, 2.24) is 15.3 Å². The van der Waals surface area contributed by atoms with Gasteiger partial charge in [-0.25, -0.2) is 4.98 Å². The second-order valence-corrected chi connectivity index (χ2v) is 4.34. The van der Waals surface area contributed by atoms with Crippen LogP contribution in [0.3, 0.4) is 0 Å². The third kappa shape index (κ3) is 4.26. The largest absolute Gasteiger partial charge is 0.481 e. The molecule has 0 aliphatic heterocycles. The van der Waals surface area contributed by atoms with Crippen LogP contribution in [0.15, 0.2) is 12.5 Å². The summed E-state index contributed by atoms with van der Waals surface area (Å²) in [7, 11) is 0. The monoisotopic (exact) mass is 239 g/mol. The molecule has 3 N–H and O–H groups in total. The summed E-state index contributed by atoms with van der Waals surface area (Å²) in [5, 5.41) is 11.6. The van der Waals surface area contributed by atoms with Crippen molar-refractivity contribution >= 4 is 11.9 Å². The van der Waals surface area contributed by atoms with Gasteiger partial charge in [-0.2, -0.15) is 0 Å². The van der Waals surface area contributed by atoms with Gasteiger partial charge in [0, 0.05) is 6.54 Å². The van der Waals surface area contributed by atoms with Crippen LogP contribution < -0.4 is 5.32 Å². The van der Waals surface area contributed by atoms with E-state index < -0.39 is 11.9 Å². The number of carbonyl (C=O) groups is 2. The number of hydrogen-bond acceptors (Lipinski definition) is 3. The first-order valence-electron chi connectivity index (χ1n) is 5.50. The summed E-state index contributed by atoms with van der Waals surface area (Å²) in [4.78, 5) is 28.9. The molecule has 17 heavy (non-hydrogen) atoms. The van der Waals surface area contributed by atoms with E-state index in [0.717, 1.165) is 0 Å². The van der Waals surface area contributed by atoms with Crippen molar-refractivity contribution < 1.29 is 14.7 Å². The summed E-state index contributed by atoms with van der Waals surface area (Å²) in [6.07, 6.45) is 3.34. The number of nitrogens with zero attached hydrogens (tertiary/aromatic N) is 1. The standard InChI is InChI=1S/C11H17N3O3/c1-7(2)3-8(11(16)17)4-13-10(15)9-5-12-6-14-9/h5-8H,3-4H2,1-2H3,(H,12,14)(H,13,15)(H,16,17). The number of carboxylic acid groups (broad SMARTS) is 1. The van der Waals surface area contributed by atoms with Crippen LogP contribution in [0.1, 0.15) is 30.8 Å². The van der Waals surface area contributed by atoms with E-state index in [1.165, 1.54) is 12.5 Å². The molecule has 0 aliphatic carbocycles. The first kappa shape index (κ1) is 13.2. The predicted molar refractivity (Wildman–Crippen MR) is 61.5 cm³/mol. The zero-order chi connectivity index (χ0) is 12.8. The Labute approximate surface area is 99.4 Å². The van der Waals surface area contributed by atoms with Crippen LogP contribution in [-0.4, -0.2) is 33.5 Å². The van der Waals surface area contributed by atoms with E-state index in [4.69, 9.17) is 5.11 Å². The molecule has 1 atom stereocenters. The summed E-state index contributed by atoms with van der Waals surface area (Å²) in [6.45, 7) is 4.03. The summed E-state index contributed by atoms with van der Waals surface area (Å²) < 4.78 is 0. The lowest BCUT2D eigenvalue weighted by Crippen LogP contribution is -2.33. The van der Waals surface area contributed by atoms with Gasteiger partial charge >= 0.3 is 5.97 Å². The fraction of sp³-hybridized carbons (Fsp3) is 0.545. The number of aromatic amines is 1. The average molecular weight is 239 g/mol. The molecule has 1 unspecified atom stereocenters. The molecule has 1 aromatic heterocycles. The minimum absolute atomic E-state index is 0.130. The Balaban J connectivity index is 2.47. The zero-order valence-corrected chi connectivity index (χ0v) is 9.93. The smallest absolute Gasteiger partial charge is 0.308 e. The van der Waals surface area contributed by atoms with E-state index in [0.29, 0.717) is 12.1 Å². The first-order valence-corrected chi connectivity index (χ1v) is 5.50. The fourth-order valence-corrected chi connectivity index (χ4v) is 1.53. The van der Waals surface area contributed by atoms with Crippen LogP contribution in [-0.2, 0) is 4.79 Å². The van der Waals surface area contributed by atoms with Crippen LogP contribution >= 0.6 is 0 Å². The van der Waals surface area contributed by atoms with Gasteiger partial charge in [0.2, 0.25) is 0 Å². The summed E-state index contributed by atoms with van der Waals surface area (Å²) in [5.41, 5.74) is 0.332. The maximum Gasteiger partial charge on any atom is 0.308 e. The van der Waals surface area contributed by atoms with Crippen molar-refractivity contribution in [2.45, 2.75) is 20.3 Å². The van der Waals surface area contributed by atoms with E-state index >= 15 is 0 Å². The van der Waals surface area contributed by atoms with Crippen molar-refractivity contribution in [1.29, 1.82) is 0 Å². The lowest BCUT2D eigenvalue weighted by molar-refractivity contribution is -0.142. The molecule has 0 fully saturated rings. The molecular formula is C11H17N3O3. The maximum absolute atomic E-state index is 11.5. The van der Waals surface area contributed by atoms with Crippen LogP contribution in [0.2, 0.25) is 0 Å². The van der Waals surface area contributed by atoms with E-state index in [9.17, 15) is 9.59 Å². The highest BCUT2D eigenvalue weighted by molar-refractivity contribution is 5.92. The molecule has 0 spiro atoms. The van der Waals surface area contributed by atoms with Crippen LogP contribution in [0.25, 0.3) is 0 Å². The number of imidazole rings is 1. The predicted octanol–water partition coefficient (Wildman–Crippen LogP) is 0.886. The second-order valence-electron chi connectivity index (χ2n) is 4.34. The van der Waals surface area contributed by atoms with Gasteiger partial charge in [-0.3, -0.25) is 9.59 Å². The van der Waals surface area contributed by atoms with E-state index in [1.807, 2.05) is 13.8 Å². The van der Waals surface area contributed by atoms with Gasteiger partial charge in [-0.15, -0.1) is 0 Å². The lowest BCUT2D eigenvalue weighted by Gasteiger charge is -2.14. The number of aliphatic carboxylic acids is 1. The maximum atomic E-state index is 11.5. The van der Waals surface area contributed by atoms with Gasteiger partial charge in [0.05, 0.1) is 18.4 Å². The third-order valence-corrected chi connectivity index (χ3v) is 2.36. The average Bonchev–Trinajstić information content (AvgIpc) is 2.76. The van der Waals surface area contributed by atoms with E-state index in [1.54, 1.807) is 0 Å². The SMILES string of the molecule is CC(C)CC(CNC(=O)c1cnc[nH]1)C(=O)O. The van der Waals surface area contributed by atoms with E-state index in [-0.39, 0.29) is 18.4 Å². The molecule has 0 saturated heterocycles. The Morgan fingerprint density at radius 2 is 2.24 bits per heavy atom. The number of amides is 1. The van der Waals surface area contributed by atoms with Gasteiger partial charge in [-0.1, -0.05) is 13.8 Å². The van der Waals surface area contributed by atoms with Crippen LogP contribution in [0, 0.1) is 11.8 Å². The second kappa shape index (κ2) is 6.03. The summed E-state index contributed by atoms with van der Waals surface area (Å²) in [6, 6.07) is 0. The molecule has 0 radical (unpaired) electrons. The molecule has 6 heteroatoms. The third-order valence-electron chi connectivity index (χ3n) is 2.36. The molecule has 1 amide bonds. The van der Waals surface area contributed by atoms with Crippen LogP contribution in [0.4, 0.5) is 0 Å². The van der Waals surface area contributed by atoms with E-state index in [2.05, 4.69) is 15.3 Å². The van der Waals surface area contributed by atoms with Crippen molar-refractivity contribution in [2.75, 3.05) is 6.54 Å². The molecular weight excluding hydrogens is 222 g/mol. The van der Waals surface area contributed by atoms with Gasteiger partial charge in [0.25, 0.3) is 5.91 Å². The van der Waals surface area contributed by atoms with Crippen molar-refractivity contribution in [3.8, 4) is 0 Å². The Bertz CT molecular complexity index is 373. The van der Waals surface area contributed by atoms with Gasteiger partial charge < -0.3 is 15.4 Å². The minimum atomic E-state index is -0.886. The number of rotatable bonds is 6. The Hall–Kier alpha value is -1.85. The Kier molecular flexibility index (Phi) is 4.68. The fourth-order valence-electron chi connectivity index (χ4n) is 1.53. The Morgan fingerprint density at radius 1 is 1.53 bits per heavy atom. The normalized spacial score (nSPS) is 12.4. The summed E-state index contributed by atoms with van der Waals surface area (Å²) >= 11 is 0. The molecule has 0 saturated carbocycles.